The molecule has 2 aromatic heterocycles. The van der Waals surface area contributed by atoms with Gasteiger partial charge in [-0.2, -0.15) is 0 Å². The number of pyridine rings is 1. The van der Waals surface area contributed by atoms with E-state index in [1.807, 2.05) is 60.8 Å². The Morgan fingerprint density at radius 2 is 1.73 bits per heavy atom. The number of nitrogens with one attached hydrogen (secondary N) is 1. The van der Waals surface area contributed by atoms with Gasteiger partial charge in [-0.1, -0.05) is 36.4 Å². The number of carbonyl (C=O) groups is 2. The van der Waals surface area contributed by atoms with Crippen molar-refractivity contribution in [2.75, 3.05) is 11.9 Å². The van der Waals surface area contributed by atoms with Crippen LogP contribution in [0.5, 0.6) is 0 Å². The third-order valence-corrected chi connectivity index (χ3v) is 7.28. The Balaban J connectivity index is 1.23. The zero-order chi connectivity index (χ0) is 25.8. The van der Waals surface area contributed by atoms with E-state index in [9.17, 15) is 9.59 Å². The molecule has 1 fully saturated rings. The van der Waals surface area contributed by atoms with E-state index in [0.717, 1.165) is 53.7 Å². The molecule has 0 aliphatic heterocycles. The summed E-state index contributed by atoms with van der Waals surface area (Å²) < 4.78 is 7.02. The van der Waals surface area contributed by atoms with Gasteiger partial charge >= 0.3 is 5.97 Å². The molecule has 0 spiro atoms. The van der Waals surface area contributed by atoms with Crippen molar-refractivity contribution in [1.29, 1.82) is 0 Å². The molecule has 1 saturated carbocycles. The normalized spacial score (nSPS) is 17.5. The van der Waals surface area contributed by atoms with Crippen LogP contribution in [0.1, 0.15) is 66.6 Å². The van der Waals surface area contributed by atoms with Crippen molar-refractivity contribution in [3.05, 3.63) is 89.9 Å². The molecule has 4 aromatic rings. The van der Waals surface area contributed by atoms with Crippen molar-refractivity contribution in [2.24, 2.45) is 5.92 Å². The van der Waals surface area contributed by atoms with E-state index < -0.39 is 0 Å². The lowest BCUT2D eigenvalue weighted by atomic mass is 9.77. The number of hydrogen-bond acceptors (Lipinski definition) is 4. The van der Waals surface area contributed by atoms with Crippen molar-refractivity contribution in [2.45, 2.75) is 51.9 Å². The number of carbonyl (C=O) groups excluding carboxylic acids is 2. The van der Waals surface area contributed by atoms with E-state index in [1.165, 1.54) is 5.56 Å². The molecule has 0 radical (unpaired) electrons. The first kappa shape index (κ1) is 24.8. The molecular formula is C31H33N3O3. The SMILES string of the molecule is CCOC(=O)CC1CCC(c2ccc(-c3ccc4nc(C(=O)Nc5cccc(C)c5)cn4c3)cc2)CC1. The van der Waals surface area contributed by atoms with Crippen LogP contribution in [0.4, 0.5) is 5.69 Å². The van der Waals surface area contributed by atoms with Crippen molar-refractivity contribution in [3.8, 4) is 11.1 Å². The number of fused-ring (bicyclic) bond motifs is 1. The summed E-state index contributed by atoms with van der Waals surface area (Å²) in [5.41, 5.74) is 6.51. The number of benzene rings is 2. The van der Waals surface area contributed by atoms with E-state index in [0.29, 0.717) is 30.6 Å². The first-order valence-electron chi connectivity index (χ1n) is 13.1. The average molecular weight is 496 g/mol. The number of imidazole rings is 1. The molecule has 1 amide bonds. The Morgan fingerprint density at radius 1 is 0.973 bits per heavy atom. The molecule has 5 rings (SSSR count). The molecule has 0 unspecified atom stereocenters. The number of anilines is 1. The van der Waals surface area contributed by atoms with E-state index in [4.69, 9.17) is 4.74 Å². The largest absolute Gasteiger partial charge is 0.466 e. The fourth-order valence-electron chi connectivity index (χ4n) is 5.29. The highest BCUT2D eigenvalue weighted by Crippen LogP contribution is 2.37. The molecule has 1 N–H and O–H groups in total. The predicted octanol–water partition coefficient (Wildman–Crippen LogP) is 6.79. The van der Waals surface area contributed by atoms with Gasteiger partial charge in [-0.15, -0.1) is 0 Å². The second-order valence-corrected chi connectivity index (χ2v) is 9.98. The van der Waals surface area contributed by atoms with Gasteiger partial charge in [0.1, 0.15) is 11.3 Å². The summed E-state index contributed by atoms with van der Waals surface area (Å²) in [6.07, 6.45) is 8.69. The minimum atomic E-state index is -0.225. The topological polar surface area (TPSA) is 72.7 Å². The smallest absolute Gasteiger partial charge is 0.306 e. The van der Waals surface area contributed by atoms with Gasteiger partial charge in [-0.3, -0.25) is 9.59 Å². The van der Waals surface area contributed by atoms with Crippen molar-refractivity contribution in [3.63, 3.8) is 0 Å². The zero-order valence-electron chi connectivity index (χ0n) is 21.4. The van der Waals surface area contributed by atoms with E-state index in [2.05, 4.69) is 34.6 Å². The van der Waals surface area contributed by atoms with Crippen LogP contribution in [-0.4, -0.2) is 27.9 Å². The Labute approximate surface area is 217 Å². The Morgan fingerprint density at radius 3 is 2.46 bits per heavy atom. The molecule has 0 bridgehead atoms. The molecule has 190 valence electrons. The van der Waals surface area contributed by atoms with Crippen molar-refractivity contribution in [1.82, 2.24) is 9.38 Å². The molecular weight excluding hydrogens is 462 g/mol. The monoisotopic (exact) mass is 495 g/mol. The molecule has 1 aliphatic carbocycles. The molecule has 1 aliphatic rings. The van der Waals surface area contributed by atoms with Crippen LogP contribution in [-0.2, 0) is 9.53 Å². The van der Waals surface area contributed by atoms with Gasteiger partial charge in [0, 0.05) is 24.5 Å². The highest BCUT2D eigenvalue weighted by atomic mass is 16.5. The van der Waals surface area contributed by atoms with Gasteiger partial charge in [0.05, 0.1) is 6.61 Å². The fraction of sp³-hybridized carbons (Fsp3) is 0.323. The molecule has 6 nitrogen and oxygen atoms in total. The number of amides is 1. The van der Waals surface area contributed by atoms with Crippen LogP contribution >= 0.6 is 0 Å². The number of aryl methyl sites for hydroxylation is 1. The molecule has 0 atom stereocenters. The second-order valence-electron chi connectivity index (χ2n) is 9.98. The summed E-state index contributed by atoms with van der Waals surface area (Å²) in [6.45, 7) is 4.31. The first-order chi connectivity index (χ1) is 18.0. The standard InChI is InChI=1S/C31H33N3O3/c1-3-37-30(35)18-22-7-9-23(10-8-22)24-11-13-25(14-12-24)26-15-16-29-33-28(20-34(29)19-26)31(36)32-27-6-4-5-21(2)17-27/h4-6,11-17,19-20,22-23H,3,7-10,18H2,1-2H3,(H,32,36). The van der Waals surface area contributed by atoms with Crippen LogP contribution in [0.2, 0.25) is 0 Å². The van der Waals surface area contributed by atoms with Gasteiger partial charge in [0.15, 0.2) is 0 Å². The predicted molar refractivity (Wildman–Crippen MR) is 146 cm³/mol. The number of aromatic nitrogens is 2. The van der Waals surface area contributed by atoms with Crippen LogP contribution in [0.15, 0.2) is 73.1 Å². The van der Waals surface area contributed by atoms with Gasteiger partial charge in [0.2, 0.25) is 0 Å². The molecule has 2 heterocycles. The minimum Gasteiger partial charge on any atom is -0.466 e. The van der Waals surface area contributed by atoms with Crippen LogP contribution in [0.25, 0.3) is 16.8 Å². The summed E-state index contributed by atoms with van der Waals surface area (Å²) in [5.74, 6) is 0.694. The summed E-state index contributed by atoms with van der Waals surface area (Å²) in [4.78, 5) is 29.0. The Bertz CT molecular complexity index is 1400. The summed E-state index contributed by atoms with van der Waals surface area (Å²) in [6, 6.07) is 20.5. The lowest BCUT2D eigenvalue weighted by molar-refractivity contribution is -0.144. The zero-order valence-corrected chi connectivity index (χ0v) is 21.4. The van der Waals surface area contributed by atoms with Gasteiger partial charge in [0.25, 0.3) is 5.91 Å². The maximum absolute atomic E-state index is 12.7. The second kappa shape index (κ2) is 11.0. The van der Waals surface area contributed by atoms with E-state index in [1.54, 1.807) is 6.20 Å². The number of ether oxygens (including phenoxy) is 1. The number of rotatable bonds is 7. The van der Waals surface area contributed by atoms with Crippen molar-refractivity contribution >= 4 is 23.2 Å². The summed E-state index contributed by atoms with van der Waals surface area (Å²) >= 11 is 0. The lowest BCUT2D eigenvalue weighted by Gasteiger charge is -2.28. The lowest BCUT2D eigenvalue weighted by Crippen LogP contribution is -2.17. The molecule has 37 heavy (non-hydrogen) atoms. The van der Waals surface area contributed by atoms with E-state index >= 15 is 0 Å². The molecule has 2 aromatic carbocycles. The summed E-state index contributed by atoms with van der Waals surface area (Å²) in [5, 5.41) is 2.92. The quantitative estimate of drug-likeness (QED) is 0.287. The van der Waals surface area contributed by atoms with Gasteiger partial charge in [-0.25, -0.2) is 4.98 Å². The van der Waals surface area contributed by atoms with Crippen LogP contribution in [0, 0.1) is 12.8 Å². The third kappa shape index (κ3) is 5.91. The Hall–Kier alpha value is -3.93. The number of esters is 1. The fourth-order valence-corrected chi connectivity index (χ4v) is 5.29. The maximum Gasteiger partial charge on any atom is 0.306 e. The highest BCUT2D eigenvalue weighted by molar-refractivity contribution is 6.03. The summed E-state index contributed by atoms with van der Waals surface area (Å²) in [7, 11) is 0. The van der Waals surface area contributed by atoms with Crippen molar-refractivity contribution < 1.29 is 14.3 Å². The van der Waals surface area contributed by atoms with Crippen LogP contribution < -0.4 is 5.32 Å². The van der Waals surface area contributed by atoms with Crippen LogP contribution in [0.3, 0.4) is 0 Å². The molecule has 0 saturated heterocycles. The number of hydrogen-bond donors (Lipinski definition) is 1. The number of nitrogens with zero attached hydrogens (tertiary/aromatic N) is 2. The Kier molecular flexibility index (Phi) is 7.35. The maximum atomic E-state index is 12.7. The molecule has 6 heteroatoms. The average Bonchev–Trinajstić information content (AvgIpc) is 3.33. The third-order valence-electron chi connectivity index (χ3n) is 7.28. The van der Waals surface area contributed by atoms with Gasteiger partial charge < -0.3 is 14.5 Å². The highest BCUT2D eigenvalue weighted by Gasteiger charge is 2.24. The van der Waals surface area contributed by atoms with Gasteiger partial charge in [-0.05, 0) is 97.9 Å². The first-order valence-corrected chi connectivity index (χ1v) is 13.1. The van der Waals surface area contributed by atoms with E-state index in [-0.39, 0.29) is 11.9 Å². The minimum absolute atomic E-state index is 0.0656.